The Labute approximate surface area is 155 Å². The monoisotopic (exact) mass is 400 g/mol. The predicted octanol–water partition coefficient (Wildman–Crippen LogP) is 2.43. The number of nitrogens with zero attached hydrogens (tertiary/aromatic N) is 2. The molecule has 0 aliphatic rings. The summed E-state index contributed by atoms with van der Waals surface area (Å²) in [6.07, 6.45) is 3.87. The second-order valence-electron chi connectivity index (χ2n) is 5.03. The first-order valence-corrected chi connectivity index (χ1v) is 7.92. The molecule has 0 aliphatic carbocycles. The van der Waals surface area contributed by atoms with E-state index in [0.717, 1.165) is 16.9 Å². The Morgan fingerprint density at radius 3 is 2.75 bits per heavy atom. The minimum atomic E-state index is -3.06. The molecule has 0 atom stereocenters. The van der Waals surface area contributed by atoms with Gasteiger partial charge in [0.15, 0.2) is 0 Å². The van der Waals surface area contributed by atoms with Crippen LogP contribution in [0.2, 0.25) is 0 Å². The first-order valence-electron chi connectivity index (χ1n) is 6.76. The molecular formula is C14H20Cl2F2N4OS. The van der Waals surface area contributed by atoms with Crippen LogP contribution in [0.5, 0.6) is 0 Å². The molecule has 0 aliphatic heterocycles. The number of carbonyl (C=O) groups is 1. The summed E-state index contributed by atoms with van der Waals surface area (Å²) >= 11 is 1.33. The standard InChI is InChI=1S/C14H18F2N4OS.2ClH/c1-10-2-3-12-19-11(5-20(12)4-10)6-22-7-13(21)18-9-14(15,16)8-17;;/h2-5H,6-9,17H2,1H3,(H,18,21);2*1H. The molecule has 2 aromatic heterocycles. The third kappa shape index (κ3) is 6.80. The van der Waals surface area contributed by atoms with Gasteiger partial charge in [0, 0.05) is 18.1 Å². The highest BCUT2D eigenvalue weighted by Gasteiger charge is 2.26. The number of alkyl halides is 2. The number of hydrogen-bond donors (Lipinski definition) is 2. The smallest absolute Gasteiger partial charge is 0.277 e. The van der Waals surface area contributed by atoms with Crippen LogP contribution in [-0.4, -0.2) is 40.1 Å². The van der Waals surface area contributed by atoms with Gasteiger partial charge in [-0.2, -0.15) is 0 Å². The van der Waals surface area contributed by atoms with Gasteiger partial charge in [-0.25, -0.2) is 13.8 Å². The van der Waals surface area contributed by atoms with E-state index in [-0.39, 0.29) is 30.6 Å². The number of hydrogen-bond acceptors (Lipinski definition) is 4. The fourth-order valence-electron chi connectivity index (χ4n) is 1.82. The van der Waals surface area contributed by atoms with Crippen molar-refractivity contribution in [2.45, 2.75) is 18.6 Å². The first kappa shape index (κ1) is 22.9. The Kier molecular flexibility index (Phi) is 9.57. The van der Waals surface area contributed by atoms with Gasteiger partial charge in [0.05, 0.1) is 24.5 Å². The normalized spacial score (nSPS) is 10.8. The van der Waals surface area contributed by atoms with Crippen LogP contribution in [0.15, 0.2) is 24.5 Å². The van der Waals surface area contributed by atoms with Crippen LogP contribution in [0.25, 0.3) is 5.65 Å². The topological polar surface area (TPSA) is 72.4 Å². The van der Waals surface area contributed by atoms with E-state index >= 15 is 0 Å². The summed E-state index contributed by atoms with van der Waals surface area (Å²) in [5.74, 6) is -2.84. The molecule has 2 heterocycles. The molecule has 0 fully saturated rings. The highest BCUT2D eigenvalue weighted by Crippen LogP contribution is 2.14. The van der Waals surface area contributed by atoms with Gasteiger partial charge < -0.3 is 15.5 Å². The van der Waals surface area contributed by atoms with Gasteiger partial charge in [0.2, 0.25) is 5.91 Å². The molecule has 0 spiro atoms. The van der Waals surface area contributed by atoms with E-state index in [1.807, 2.05) is 35.9 Å². The largest absolute Gasteiger partial charge is 0.349 e. The lowest BCUT2D eigenvalue weighted by Gasteiger charge is -2.14. The van der Waals surface area contributed by atoms with Gasteiger partial charge >= 0.3 is 0 Å². The number of aromatic nitrogens is 2. The maximum atomic E-state index is 12.9. The number of halogens is 4. The molecule has 2 aromatic rings. The third-order valence-electron chi connectivity index (χ3n) is 2.97. The van der Waals surface area contributed by atoms with Crippen LogP contribution in [0, 0.1) is 6.92 Å². The quantitative estimate of drug-likeness (QED) is 0.748. The maximum absolute atomic E-state index is 12.9. The van der Waals surface area contributed by atoms with E-state index in [4.69, 9.17) is 5.73 Å². The van der Waals surface area contributed by atoms with Gasteiger partial charge in [-0.15, -0.1) is 36.6 Å². The van der Waals surface area contributed by atoms with Crippen molar-refractivity contribution in [2.75, 3.05) is 18.8 Å². The van der Waals surface area contributed by atoms with Crippen molar-refractivity contribution < 1.29 is 13.6 Å². The SMILES string of the molecule is Cc1ccc2nc(CSCC(=O)NCC(F)(F)CN)cn2c1.Cl.Cl. The van der Waals surface area contributed by atoms with Crippen molar-refractivity contribution in [2.24, 2.45) is 5.73 Å². The van der Waals surface area contributed by atoms with Crippen LogP contribution >= 0.6 is 36.6 Å². The molecule has 10 heteroatoms. The zero-order chi connectivity index (χ0) is 16.2. The van der Waals surface area contributed by atoms with Crippen LogP contribution in [-0.2, 0) is 10.5 Å². The summed E-state index contributed by atoms with van der Waals surface area (Å²) in [5, 5.41) is 2.18. The van der Waals surface area contributed by atoms with E-state index < -0.39 is 24.9 Å². The summed E-state index contributed by atoms with van der Waals surface area (Å²) < 4.78 is 27.7. The molecule has 2 rings (SSSR count). The number of pyridine rings is 1. The Balaban J connectivity index is 0.00000264. The summed E-state index contributed by atoms with van der Waals surface area (Å²) in [6, 6.07) is 3.90. The van der Waals surface area contributed by atoms with Crippen molar-refractivity contribution in [1.29, 1.82) is 0 Å². The van der Waals surface area contributed by atoms with Crippen LogP contribution in [0.4, 0.5) is 8.78 Å². The number of carbonyl (C=O) groups excluding carboxylic acids is 1. The van der Waals surface area contributed by atoms with Gasteiger partial charge in [0.1, 0.15) is 5.65 Å². The number of rotatable bonds is 7. The molecule has 136 valence electrons. The van der Waals surface area contributed by atoms with Gasteiger partial charge in [-0.1, -0.05) is 6.07 Å². The van der Waals surface area contributed by atoms with E-state index in [1.165, 1.54) is 11.8 Å². The average molecular weight is 401 g/mol. The highest BCUT2D eigenvalue weighted by molar-refractivity contribution is 7.99. The number of thioether (sulfide) groups is 1. The zero-order valence-electron chi connectivity index (χ0n) is 13.0. The fraction of sp³-hybridized carbons (Fsp3) is 0.429. The molecule has 0 bridgehead atoms. The molecule has 3 N–H and O–H groups in total. The number of nitrogens with two attached hydrogens (primary N) is 1. The number of imidazole rings is 1. The minimum Gasteiger partial charge on any atom is -0.349 e. The summed E-state index contributed by atoms with van der Waals surface area (Å²) in [6.45, 7) is 0.493. The van der Waals surface area contributed by atoms with E-state index in [0.29, 0.717) is 5.75 Å². The number of aryl methyl sites for hydroxylation is 1. The van der Waals surface area contributed by atoms with Crippen LogP contribution in [0.1, 0.15) is 11.3 Å². The molecule has 1 amide bonds. The van der Waals surface area contributed by atoms with Crippen molar-refractivity contribution in [3.8, 4) is 0 Å². The molecule has 0 unspecified atom stereocenters. The van der Waals surface area contributed by atoms with Crippen molar-refractivity contribution >= 4 is 48.1 Å². The Morgan fingerprint density at radius 2 is 2.08 bits per heavy atom. The lowest BCUT2D eigenvalue weighted by Crippen LogP contribution is -2.42. The van der Waals surface area contributed by atoms with E-state index in [2.05, 4.69) is 10.3 Å². The van der Waals surface area contributed by atoms with Crippen molar-refractivity contribution in [1.82, 2.24) is 14.7 Å². The van der Waals surface area contributed by atoms with E-state index in [1.54, 1.807) is 0 Å². The van der Waals surface area contributed by atoms with Crippen LogP contribution in [0.3, 0.4) is 0 Å². The Morgan fingerprint density at radius 1 is 1.38 bits per heavy atom. The fourth-order valence-corrected chi connectivity index (χ4v) is 2.56. The summed E-state index contributed by atoms with van der Waals surface area (Å²) in [7, 11) is 0. The second-order valence-corrected chi connectivity index (χ2v) is 6.02. The van der Waals surface area contributed by atoms with E-state index in [9.17, 15) is 13.6 Å². The van der Waals surface area contributed by atoms with Gasteiger partial charge in [0.25, 0.3) is 5.92 Å². The first-order chi connectivity index (χ1) is 10.4. The minimum absolute atomic E-state index is 0. The van der Waals surface area contributed by atoms with Crippen molar-refractivity contribution in [3.05, 3.63) is 35.8 Å². The molecule has 0 saturated carbocycles. The summed E-state index contributed by atoms with van der Waals surface area (Å²) in [4.78, 5) is 15.9. The molecule has 5 nitrogen and oxygen atoms in total. The predicted molar refractivity (Wildman–Crippen MR) is 97.6 cm³/mol. The Hall–Kier alpha value is -1.09. The maximum Gasteiger partial charge on any atom is 0.277 e. The van der Waals surface area contributed by atoms with Crippen LogP contribution < -0.4 is 11.1 Å². The number of nitrogens with one attached hydrogen (secondary N) is 1. The lowest BCUT2D eigenvalue weighted by atomic mass is 10.3. The summed E-state index contributed by atoms with van der Waals surface area (Å²) in [5.41, 5.74) is 7.71. The molecule has 0 radical (unpaired) electrons. The van der Waals surface area contributed by atoms with Gasteiger partial charge in [-0.3, -0.25) is 4.79 Å². The second kappa shape index (κ2) is 10.0. The number of fused-ring (bicyclic) bond motifs is 1. The average Bonchev–Trinajstić information content (AvgIpc) is 2.87. The molecular weight excluding hydrogens is 381 g/mol. The van der Waals surface area contributed by atoms with Crippen molar-refractivity contribution in [3.63, 3.8) is 0 Å². The zero-order valence-corrected chi connectivity index (χ0v) is 15.4. The lowest BCUT2D eigenvalue weighted by molar-refractivity contribution is -0.120. The molecule has 0 saturated heterocycles. The molecule has 0 aromatic carbocycles. The highest BCUT2D eigenvalue weighted by atomic mass is 35.5. The van der Waals surface area contributed by atoms with Gasteiger partial charge in [-0.05, 0) is 18.6 Å². The Bertz CT molecular complexity index is 669. The molecule has 24 heavy (non-hydrogen) atoms. The third-order valence-corrected chi connectivity index (χ3v) is 3.94. The number of amides is 1.